The van der Waals surface area contributed by atoms with E-state index in [1.54, 1.807) is 24.3 Å². The highest BCUT2D eigenvalue weighted by atomic mass is 16.4. The zero-order chi connectivity index (χ0) is 18.8. The van der Waals surface area contributed by atoms with Gasteiger partial charge in [0.05, 0.1) is 0 Å². The third-order valence-corrected chi connectivity index (χ3v) is 4.43. The van der Waals surface area contributed by atoms with Crippen LogP contribution in [0.1, 0.15) is 33.6 Å². The van der Waals surface area contributed by atoms with Crippen molar-refractivity contribution in [3.8, 4) is 0 Å². The maximum Gasteiger partial charge on any atom is 0.323 e. The summed E-state index contributed by atoms with van der Waals surface area (Å²) in [5, 5.41) is 10.2. The summed E-state index contributed by atoms with van der Waals surface area (Å²) in [6, 6.07) is 10.7. The minimum atomic E-state index is -1.09. The maximum absolute atomic E-state index is 12.7. The standard InChI is InChI=1S/C19H18N2O5/c1-20(11-16(23)24)15(22)9-4-10-21-18(25)13-7-2-5-12-6-3-8-14(17(12)13)19(21)26/h2-3,5-8H,4,9-11H2,1H3,(H,23,24). The molecule has 0 bridgehead atoms. The molecule has 0 unspecified atom stereocenters. The summed E-state index contributed by atoms with van der Waals surface area (Å²) in [5.74, 6) is -2.17. The largest absolute Gasteiger partial charge is 0.480 e. The molecule has 0 radical (unpaired) electrons. The first kappa shape index (κ1) is 17.6. The van der Waals surface area contributed by atoms with Crippen molar-refractivity contribution in [1.29, 1.82) is 0 Å². The first-order chi connectivity index (χ1) is 12.4. The molecule has 1 N–H and O–H groups in total. The van der Waals surface area contributed by atoms with Gasteiger partial charge in [-0.3, -0.25) is 24.1 Å². The number of amides is 3. The van der Waals surface area contributed by atoms with Gasteiger partial charge in [-0.05, 0) is 23.9 Å². The van der Waals surface area contributed by atoms with Crippen LogP contribution >= 0.6 is 0 Å². The molecular formula is C19H18N2O5. The summed E-state index contributed by atoms with van der Waals surface area (Å²) in [5.41, 5.74) is 0.957. The van der Waals surface area contributed by atoms with E-state index in [0.717, 1.165) is 15.2 Å². The van der Waals surface area contributed by atoms with Crippen LogP contribution in [0.25, 0.3) is 10.8 Å². The molecule has 0 atom stereocenters. The van der Waals surface area contributed by atoms with Gasteiger partial charge in [-0.15, -0.1) is 0 Å². The third-order valence-electron chi connectivity index (χ3n) is 4.43. The van der Waals surface area contributed by atoms with E-state index < -0.39 is 5.97 Å². The Kier molecular flexibility index (Phi) is 4.71. The molecule has 0 saturated carbocycles. The molecular weight excluding hydrogens is 336 g/mol. The van der Waals surface area contributed by atoms with Crippen LogP contribution in [0.2, 0.25) is 0 Å². The number of likely N-dealkylation sites (N-methyl/N-ethyl adjacent to an activating group) is 1. The summed E-state index contributed by atoms with van der Waals surface area (Å²) in [7, 11) is 1.41. The average Bonchev–Trinajstić information content (AvgIpc) is 2.61. The van der Waals surface area contributed by atoms with Crippen molar-refractivity contribution < 1.29 is 24.3 Å². The lowest BCUT2D eigenvalue weighted by Gasteiger charge is -2.27. The Labute approximate surface area is 149 Å². The number of aliphatic carboxylic acids is 1. The van der Waals surface area contributed by atoms with Crippen molar-refractivity contribution in [2.75, 3.05) is 20.1 Å². The van der Waals surface area contributed by atoms with Crippen LogP contribution in [0.4, 0.5) is 0 Å². The van der Waals surface area contributed by atoms with Gasteiger partial charge in [0.15, 0.2) is 0 Å². The van der Waals surface area contributed by atoms with Crippen molar-refractivity contribution in [2.24, 2.45) is 0 Å². The molecule has 3 amide bonds. The van der Waals surface area contributed by atoms with Gasteiger partial charge in [-0.1, -0.05) is 24.3 Å². The van der Waals surface area contributed by atoms with Gasteiger partial charge in [0.25, 0.3) is 11.8 Å². The van der Waals surface area contributed by atoms with Gasteiger partial charge in [-0.25, -0.2) is 0 Å². The molecule has 3 rings (SSSR count). The second-order valence-electron chi connectivity index (χ2n) is 6.22. The topological polar surface area (TPSA) is 95.0 Å². The van der Waals surface area contributed by atoms with E-state index in [1.807, 2.05) is 12.1 Å². The Balaban J connectivity index is 1.73. The number of carbonyl (C=O) groups excluding carboxylic acids is 3. The van der Waals surface area contributed by atoms with Crippen molar-refractivity contribution in [2.45, 2.75) is 12.8 Å². The fourth-order valence-electron chi connectivity index (χ4n) is 3.15. The first-order valence-electron chi connectivity index (χ1n) is 8.24. The Hall–Kier alpha value is -3.22. The van der Waals surface area contributed by atoms with Crippen molar-refractivity contribution in [3.05, 3.63) is 47.5 Å². The number of benzene rings is 2. The Bertz CT molecular complexity index is 871. The van der Waals surface area contributed by atoms with Crippen molar-refractivity contribution in [1.82, 2.24) is 9.80 Å². The van der Waals surface area contributed by atoms with Crippen LogP contribution in [-0.4, -0.2) is 58.7 Å². The number of carboxylic acids is 1. The van der Waals surface area contributed by atoms with Crippen LogP contribution < -0.4 is 0 Å². The maximum atomic E-state index is 12.7. The summed E-state index contributed by atoms with van der Waals surface area (Å²) >= 11 is 0. The summed E-state index contributed by atoms with van der Waals surface area (Å²) in [6.45, 7) is -0.273. The second-order valence-corrected chi connectivity index (χ2v) is 6.22. The highest BCUT2D eigenvalue weighted by molar-refractivity contribution is 6.25. The highest BCUT2D eigenvalue weighted by Gasteiger charge is 2.32. The molecule has 0 fully saturated rings. The van der Waals surface area contributed by atoms with Crippen LogP contribution in [0.15, 0.2) is 36.4 Å². The SMILES string of the molecule is CN(CC(=O)O)C(=O)CCCN1C(=O)c2cccc3cccc(c23)C1=O. The van der Waals surface area contributed by atoms with Crippen LogP contribution in [0.5, 0.6) is 0 Å². The van der Waals surface area contributed by atoms with E-state index in [2.05, 4.69) is 0 Å². The van der Waals surface area contributed by atoms with Crippen LogP contribution in [0.3, 0.4) is 0 Å². The quantitative estimate of drug-likeness (QED) is 0.798. The number of carbonyl (C=O) groups is 4. The van der Waals surface area contributed by atoms with Gasteiger partial charge in [0.1, 0.15) is 6.54 Å². The fraction of sp³-hybridized carbons (Fsp3) is 0.263. The van der Waals surface area contributed by atoms with Crippen LogP contribution in [0, 0.1) is 0 Å². The van der Waals surface area contributed by atoms with Crippen LogP contribution in [-0.2, 0) is 9.59 Å². The zero-order valence-corrected chi connectivity index (χ0v) is 14.3. The smallest absolute Gasteiger partial charge is 0.323 e. The monoisotopic (exact) mass is 354 g/mol. The molecule has 1 aliphatic rings. The van der Waals surface area contributed by atoms with Crippen molar-refractivity contribution >= 4 is 34.5 Å². The molecule has 0 saturated heterocycles. The Morgan fingerprint density at radius 3 is 2.15 bits per heavy atom. The number of imide groups is 1. The van der Waals surface area contributed by atoms with Gasteiger partial charge < -0.3 is 10.0 Å². The van der Waals surface area contributed by atoms with Crippen molar-refractivity contribution in [3.63, 3.8) is 0 Å². The van der Waals surface area contributed by atoms with E-state index in [0.29, 0.717) is 16.5 Å². The number of hydrogen-bond acceptors (Lipinski definition) is 4. The first-order valence-corrected chi connectivity index (χ1v) is 8.24. The second kappa shape index (κ2) is 6.95. The van der Waals surface area contributed by atoms with Gasteiger partial charge >= 0.3 is 5.97 Å². The third kappa shape index (κ3) is 3.15. The minimum Gasteiger partial charge on any atom is -0.480 e. The van der Waals surface area contributed by atoms with Gasteiger partial charge in [0.2, 0.25) is 5.91 Å². The van der Waals surface area contributed by atoms with E-state index >= 15 is 0 Å². The molecule has 1 heterocycles. The molecule has 2 aromatic rings. The minimum absolute atomic E-state index is 0.0622. The molecule has 134 valence electrons. The van der Waals surface area contributed by atoms with E-state index in [4.69, 9.17) is 5.11 Å². The molecule has 0 aromatic heterocycles. The van der Waals surface area contributed by atoms with E-state index in [1.165, 1.54) is 7.05 Å². The Morgan fingerprint density at radius 2 is 1.62 bits per heavy atom. The van der Waals surface area contributed by atoms with E-state index in [-0.39, 0.29) is 43.7 Å². The van der Waals surface area contributed by atoms with Gasteiger partial charge in [-0.2, -0.15) is 0 Å². The lowest BCUT2D eigenvalue weighted by atomic mass is 9.94. The molecule has 26 heavy (non-hydrogen) atoms. The molecule has 2 aromatic carbocycles. The molecule has 7 heteroatoms. The summed E-state index contributed by atoms with van der Waals surface area (Å²) in [6.07, 6.45) is 0.338. The molecule has 0 aliphatic carbocycles. The number of carboxylic acid groups (broad SMARTS) is 1. The molecule has 1 aliphatic heterocycles. The molecule has 0 spiro atoms. The normalized spacial score (nSPS) is 13.2. The number of rotatable bonds is 6. The van der Waals surface area contributed by atoms with E-state index in [9.17, 15) is 19.2 Å². The lowest BCUT2D eigenvalue weighted by molar-refractivity contribution is -0.143. The lowest BCUT2D eigenvalue weighted by Crippen LogP contribution is -2.41. The molecule has 7 nitrogen and oxygen atoms in total. The fourth-order valence-corrected chi connectivity index (χ4v) is 3.15. The number of nitrogens with zero attached hydrogens (tertiary/aromatic N) is 2. The predicted octanol–water partition coefficient (Wildman–Crippen LogP) is 1.76. The highest BCUT2D eigenvalue weighted by Crippen LogP contribution is 2.30. The summed E-state index contributed by atoms with van der Waals surface area (Å²) in [4.78, 5) is 50.2. The zero-order valence-electron chi connectivity index (χ0n) is 14.3. The Morgan fingerprint density at radius 1 is 1.04 bits per heavy atom. The van der Waals surface area contributed by atoms with Gasteiger partial charge in [0, 0.05) is 36.5 Å². The predicted molar refractivity (Wildman–Crippen MR) is 93.8 cm³/mol. The average molecular weight is 354 g/mol. The summed E-state index contributed by atoms with van der Waals surface area (Å²) < 4.78 is 0. The number of hydrogen-bond donors (Lipinski definition) is 1.